The summed E-state index contributed by atoms with van der Waals surface area (Å²) >= 11 is 0. The van der Waals surface area contributed by atoms with Crippen LogP contribution in [0.15, 0.2) is 43.1 Å². The van der Waals surface area contributed by atoms with Crippen LogP contribution in [0.5, 0.6) is 0 Å². The van der Waals surface area contributed by atoms with Crippen LogP contribution in [0.1, 0.15) is 30.1 Å². The maximum Gasteiger partial charge on any atom is 0.135 e. The van der Waals surface area contributed by atoms with E-state index in [4.69, 9.17) is 0 Å². The smallest absolute Gasteiger partial charge is 0.135 e. The number of aryl methyl sites for hydroxylation is 2. The molecule has 4 heterocycles. The van der Waals surface area contributed by atoms with Crippen LogP contribution in [0, 0.1) is 11.3 Å². The summed E-state index contributed by atoms with van der Waals surface area (Å²) in [4.78, 5) is 6.77. The van der Waals surface area contributed by atoms with Gasteiger partial charge in [-0.2, -0.15) is 10.4 Å². The van der Waals surface area contributed by atoms with Crippen molar-refractivity contribution < 1.29 is 0 Å². The molecule has 5 rings (SSSR count). The van der Waals surface area contributed by atoms with Gasteiger partial charge in [0.05, 0.1) is 29.2 Å². The fourth-order valence-electron chi connectivity index (χ4n) is 4.49. The first-order valence-electron chi connectivity index (χ1n) is 10.1. The van der Waals surface area contributed by atoms with E-state index in [1.165, 1.54) is 0 Å². The van der Waals surface area contributed by atoms with E-state index in [0.29, 0.717) is 11.5 Å². The van der Waals surface area contributed by atoms with Gasteiger partial charge in [0, 0.05) is 55.8 Å². The summed E-state index contributed by atoms with van der Waals surface area (Å²) in [5.74, 6) is 1.42. The molecule has 1 saturated heterocycles. The summed E-state index contributed by atoms with van der Waals surface area (Å²) in [5, 5.41) is 23.6. The van der Waals surface area contributed by atoms with Crippen LogP contribution in [-0.4, -0.2) is 42.6 Å². The van der Waals surface area contributed by atoms with Gasteiger partial charge >= 0.3 is 0 Å². The Kier molecular flexibility index (Phi) is 4.43. The number of rotatable bonds is 3. The van der Waals surface area contributed by atoms with E-state index in [1.807, 2.05) is 54.1 Å². The average Bonchev–Trinajstić information content (AvgIpc) is 3.39. The minimum atomic E-state index is 0.384. The lowest BCUT2D eigenvalue weighted by Gasteiger charge is -2.35. The van der Waals surface area contributed by atoms with E-state index in [2.05, 4.69) is 37.3 Å². The first kappa shape index (κ1) is 18.3. The third-order valence-corrected chi connectivity index (χ3v) is 6.04. The summed E-state index contributed by atoms with van der Waals surface area (Å²) in [6, 6.07) is 8.31. The third kappa shape index (κ3) is 2.90. The molecule has 3 aromatic heterocycles. The monoisotopic (exact) mass is 398 g/mol. The molecule has 0 N–H and O–H groups in total. The Balaban J connectivity index is 1.55. The summed E-state index contributed by atoms with van der Waals surface area (Å²) in [6.45, 7) is 1.72. The lowest BCUT2D eigenvalue weighted by molar-refractivity contribution is 0.474. The number of hydrogen-bond acceptors (Lipinski definition) is 6. The Bertz CT molecular complexity index is 1250. The van der Waals surface area contributed by atoms with Crippen LogP contribution in [-0.2, 0) is 14.1 Å². The number of nitrogens with zero attached hydrogens (tertiary/aromatic N) is 8. The first-order valence-corrected chi connectivity index (χ1v) is 10.1. The SMILES string of the molecule is Cn1cnnc1C1CCN(c2c(C#N)cccc2-c2cncc3c2cnn3C)CC1. The second-order valence-corrected chi connectivity index (χ2v) is 7.76. The van der Waals surface area contributed by atoms with Crippen molar-refractivity contribution >= 4 is 16.6 Å². The van der Waals surface area contributed by atoms with Crippen molar-refractivity contribution in [3.63, 3.8) is 0 Å². The van der Waals surface area contributed by atoms with Crippen molar-refractivity contribution in [2.75, 3.05) is 18.0 Å². The molecule has 0 amide bonds. The van der Waals surface area contributed by atoms with Gasteiger partial charge in [-0.1, -0.05) is 12.1 Å². The number of nitriles is 1. The Hall–Kier alpha value is -3.73. The van der Waals surface area contributed by atoms with Crippen LogP contribution < -0.4 is 4.90 Å². The van der Waals surface area contributed by atoms with E-state index in [1.54, 1.807) is 6.33 Å². The zero-order valence-electron chi connectivity index (χ0n) is 17.0. The fraction of sp³-hybridized carbons (Fsp3) is 0.318. The van der Waals surface area contributed by atoms with Gasteiger partial charge in [-0.05, 0) is 18.9 Å². The summed E-state index contributed by atoms with van der Waals surface area (Å²) in [6.07, 6.45) is 9.27. The standard InChI is InChI=1S/C22H22N8/c1-28-14-25-27-22(28)15-6-8-30(9-7-15)21-16(10-23)4-3-5-17(21)18-11-24-13-20-19(18)12-26-29(20)2/h3-5,11-15H,6-9H2,1-2H3. The Morgan fingerprint density at radius 1 is 1.07 bits per heavy atom. The summed E-state index contributed by atoms with van der Waals surface area (Å²) in [5.41, 5.74) is 4.67. The number of para-hydroxylation sites is 1. The van der Waals surface area contributed by atoms with Crippen LogP contribution in [0.25, 0.3) is 22.0 Å². The van der Waals surface area contributed by atoms with Crippen molar-refractivity contribution in [2.45, 2.75) is 18.8 Å². The summed E-state index contributed by atoms with van der Waals surface area (Å²) < 4.78 is 3.83. The van der Waals surface area contributed by atoms with Crippen molar-refractivity contribution in [1.82, 2.24) is 29.5 Å². The third-order valence-electron chi connectivity index (χ3n) is 6.04. The molecule has 0 radical (unpaired) electrons. The molecular formula is C22H22N8. The normalized spacial score (nSPS) is 14.9. The van der Waals surface area contributed by atoms with Crippen LogP contribution >= 0.6 is 0 Å². The lowest BCUT2D eigenvalue weighted by atomic mass is 9.92. The lowest BCUT2D eigenvalue weighted by Crippen LogP contribution is -2.34. The largest absolute Gasteiger partial charge is 0.370 e. The highest BCUT2D eigenvalue weighted by Gasteiger charge is 2.27. The molecule has 0 atom stereocenters. The quantitative estimate of drug-likeness (QED) is 0.527. The summed E-state index contributed by atoms with van der Waals surface area (Å²) in [7, 11) is 3.91. The molecule has 0 spiro atoms. The molecule has 30 heavy (non-hydrogen) atoms. The molecule has 8 heteroatoms. The number of benzene rings is 1. The predicted octanol–water partition coefficient (Wildman–Crippen LogP) is 3.02. The molecule has 4 aromatic rings. The zero-order valence-corrected chi connectivity index (χ0v) is 17.0. The van der Waals surface area contributed by atoms with Gasteiger partial charge < -0.3 is 9.47 Å². The van der Waals surface area contributed by atoms with Crippen LogP contribution in [0.2, 0.25) is 0 Å². The highest BCUT2D eigenvalue weighted by molar-refractivity contribution is 5.98. The van der Waals surface area contributed by atoms with Crippen LogP contribution in [0.4, 0.5) is 5.69 Å². The van der Waals surface area contributed by atoms with Crippen molar-refractivity contribution in [3.8, 4) is 17.2 Å². The maximum atomic E-state index is 9.85. The minimum absolute atomic E-state index is 0.384. The Morgan fingerprint density at radius 3 is 2.63 bits per heavy atom. The van der Waals surface area contributed by atoms with E-state index < -0.39 is 0 Å². The number of fused-ring (bicyclic) bond motifs is 1. The van der Waals surface area contributed by atoms with E-state index in [9.17, 15) is 5.26 Å². The number of aromatic nitrogens is 6. The molecule has 1 aliphatic heterocycles. The molecule has 1 aromatic carbocycles. The van der Waals surface area contributed by atoms with Gasteiger partial charge in [-0.3, -0.25) is 9.67 Å². The molecule has 1 fully saturated rings. The van der Waals surface area contributed by atoms with Crippen molar-refractivity contribution in [2.24, 2.45) is 14.1 Å². The van der Waals surface area contributed by atoms with Gasteiger partial charge in [0.1, 0.15) is 18.2 Å². The predicted molar refractivity (Wildman–Crippen MR) is 114 cm³/mol. The zero-order chi connectivity index (χ0) is 20.7. The highest BCUT2D eigenvalue weighted by Crippen LogP contribution is 2.39. The number of pyridine rings is 1. The first-order chi connectivity index (χ1) is 14.7. The number of piperidine rings is 1. The Labute approximate surface area is 174 Å². The fourth-order valence-corrected chi connectivity index (χ4v) is 4.49. The molecule has 8 nitrogen and oxygen atoms in total. The minimum Gasteiger partial charge on any atom is -0.370 e. The molecule has 1 aliphatic rings. The molecule has 0 saturated carbocycles. The van der Waals surface area contributed by atoms with Gasteiger partial charge in [0.25, 0.3) is 0 Å². The van der Waals surface area contributed by atoms with Crippen molar-refractivity contribution in [3.05, 3.63) is 54.5 Å². The van der Waals surface area contributed by atoms with Crippen LogP contribution in [0.3, 0.4) is 0 Å². The maximum absolute atomic E-state index is 9.85. The second-order valence-electron chi connectivity index (χ2n) is 7.76. The van der Waals surface area contributed by atoms with Gasteiger partial charge in [0.15, 0.2) is 0 Å². The number of hydrogen-bond donors (Lipinski definition) is 0. The average molecular weight is 398 g/mol. The Morgan fingerprint density at radius 2 is 1.90 bits per heavy atom. The topological polar surface area (TPSA) is 88.4 Å². The van der Waals surface area contributed by atoms with E-state index >= 15 is 0 Å². The van der Waals surface area contributed by atoms with Gasteiger partial charge in [-0.15, -0.1) is 10.2 Å². The molecular weight excluding hydrogens is 376 g/mol. The second kappa shape index (κ2) is 7.26. The number of anilines is 1. The molecule has 150 valence electrons. The highest BCUT2D eigenvalue weighted by atomic mass is 15.3. The van der Waals surface area contributed by atoms with Crippen molar-refractivity contribution in [1.29, 1.82) is 5.26 Å². The van der Waals surface area contributed by atoms with Gasteiger partial charge in [0.2, 0.25) is 0 Å². The molecule has 0 unspecified atom stereocenters. The molecule has 0 bridgehead atoms. The van der Waals surface area contributed by atoms with Gasteiger partial charge in [-0.25, -0.2) is 0 Å². The molecule has 0 aliphatic carbocycles. The van der Waals surface area contributed by atoms with E-state index in [0.717, 1.165) is 59.5 Å². The van der Waals surface area contributed by atoms with E-state index in [-0.39, 0.29) is 0 Å².